The molecule has 0 bridgehead atoms. The van der Waals surface area contributed by atoms with Crippen LogP contribution in [0.3, 0.4) is 0 Å². The van der Waals surface area contributed by atoms with Crippen LogP contribution in [0.5, 0.6) is 0 Å². The summed E-state index contributed by atoms with van der Waals surface area (Å²) in [7, 11) is 0. The molecule has 0 spiro atoms. The summed E-state index contributed by atoms with van der Waals surface area (Å²) >= 11 is 0. The summed E-state index contributed by atoms with van der Waals surface area (Å²) < 4.78 is 21.1. The minimum Gasteiger partial charge on any atom is -0.444 e. The first-order valence-corrected chi connectivity index (χ1v) is 11.3. The van der Waals surface area contributed by atoms with Crippen molar-refractivity contribution in [1.82, 2.24) is 9.88 Å². The Morgan fingerprint density at radius 2 is 1.94 bits per heavy atom. The summed E-state index contributed by atoms with van der Waals surface area (Å²) in [5.74, 6) is -1.21. The van der Waals surface area contributed by atoms with Gasteiger partial charge in [-0.15, -0.1) is 0 Å². The van der Waals surface area contributed by atoms with Crippen LogP contribution >= 0.6 is 0 Å². The van der Waals surface area contributed by atoms with E-state index in [1.54, 1.807) is 4.90 Å². The van der Waals surface area contributed by atoms with E-state index >= 15 is 4.39 Å². The Morgan fingerprint density at radius 1 is 1.19 bits per heavy atom. The van der Waals surface area contributed by atoms with E-state index in [4.69, 9.17) is 10.5 Å². The van der Waals surface area contributed by atoms with E-state index in [1.165, 1.54) is 6.07 Å². The summed E-state index contributed by atoms with van der Waals surface area (Å²) in [6, 6.07) is 1.27. The Labute approximate surface area is 182 Å². The number of aromatic amines is 1. The molecule has 0 radical (unpaired) electrons. The number of aromatic nitrogens is 1. The van der Waals surface area contributed by atoms with E-state index in [2.05, 4.69) is 4.98 Å². The first-order chi connectivity index (χ1) is 14.7. The van der Waals surface area contributed by atoms with Crippen molar-refractivity contribution in [3.05, 3.63) is 34.3 Å². The molecule has 1 unspecified atom stereocenters. The molecule has 1 aliphatic heterocycles. The third-order valence-corrected chi connectivity index (χ3v) is 6.36. The molecule has 1 fully saturated rings. The van der Waals surface area contributed by atoms with Crippen molar-refractivity contribution in [2.45, 2.75) is 77.2 Å². The van der Waals surface area contributed by atoms with Crippen molar-refractivity contribution < 1.29 is 18.7 Å². The lowest BCUT2D eigenvalue weighted by molar-refractivity contribution is 0.0197. The summed E-state index contributed by atoms with van der Waals surface area (Å²) in [6.45, 7) is 6.52. The number of carbonyl (C=O) groups is 2. The van der Waals surface area contributed by atoms with Gasteiger partial charge in [0.1, 0.15) is 11.4 Å². The number of amides is 2. The summed E-state index contributed by atoms with van der Waals surface area (Å²) in [4.78, 5) is 29.8. The maximum Gasteiger partial charge on any atom is 0.410 e. The fourth-order valence-corrected chi connectivity index (χ4v) is 5.05. The van der Waals surface area contributed by atoms with Gasteiger partial charge < -0.3 is 20.4 Å². The van der Waals surface area contributed by atoms with Crippen molar-refractivity contribution in [3.8, 4) is 0 Å². The molecule has 2 amide bonds. The van der Waals surface area contributed by atoms with Crippen LogP contribution in [0.1, 0.15) is 86.0 Å². The van der Waals surface area contributed by atoms with Crippen LogP contribution in [0, 0.1) is 5.82 Å². The molecule has 3 N–H and O–H groups in total. The highest BCUT2D eigenvalue weighted by atomic mass is 19.1. The average Bonchev–Trinajstić information content (AvgIpc) is 2.88. The lowest BCUT2D eigenvalue weighted by Crippen LogP contribution is -2.42. The number of H-pyrrole nitrogens is 1. The van der Waals surface area contributed by atoms with Crippen LogP contribution in [-0.4, -0.2) is 40.6 Å². The maximum absolute atomic E-state index is 15.5. The predicted molar refractivity (Wildman–Crippen MR) is 118 cm³/mol. The van der Waals surface area contributed by atoms with E-state index in [0.717, 1.165) is 61.6 Å². The minimum atomic E-state index is -0.633. The molecule has 1 atom stereocenters. The quantitative estimate of drug-likeness (QED) is 0.673. The van der Waals surface area contributed by atoms with Gasteiger partial charge in [0, 0.05) is 35.7 Å². The molecule has 7 heteroatoms. The number of nitrogens with one attached hydrogen (secondary N) is 1. The Balaban J connectivity index is 1.79. The largest absolute Gasteiger partial charge is 0.444 e. The number of fused-ring (bicyclic) bond motifs is 3. The van der Waals surface area contributed by atoms with Crippen molar-refractivity contribution in [3.63, 3.8) is 0 Å². The molecule has 2 aromatic rings. The van der Waals surface area contributed by atoms with Gasteiger partial charge in [-0.05, 0) is 70.9 Å². The Bertz CT molecular complexity index is 1020. The monoisotopic (exact) mass is 429 g/mol. The molecule has 168 valence electrons. The lowest BCUT2D eigenvalue weighted by Gasteiger charge is -2.35. The van der Waals surface area contributed by atoms with E-state index in [1.807, 2.05) is 20.8 Å². The third kappa shape index (κ3) is 4.27. The second-order valence-electron chi connectivity index (χ2n) is 9.84. The molecular weight excluding hydrogens is 397 g/mol. The zero-order chi connectivity index (χ0) is 22.3. The predicted octanol–water partition coefficient (Wildman–Crippen LogP) is 4.79. The number of rotatable bonds is 2. The van der Waals surface area contributed by atoms with Crippen molar-refractivity contribution >= 4 is 22.9 Å². The van der Waals surface area contributed by atoms with Crippen LogP contribution in [0.2, 0.25) is 0 Å². The highest BCUT2D eigenvalue weighted by molar-refractivity contribution is 6.07. The van der Waals surface area contributed by atoms with Crippen LogP contribution in [0.25, 0.3) is 10.9 Å². The zero-order valence-electron chi connectivity index (χ0n) is 18.6. The number of nitrogens with zero attached hydrogens (tertiary/aromatic N) is 1. The third-order valence-electron chi connectivity index (χ3n) is 6.36. The number of primary amides is 1. The smallest absolute Gasteiger partial charge is 0.410 e. The summed E-state index contributed by atoms with van der Waals surface area (Å²) in [6.07, 6.45) is 6.17. The van der Waals surface area contributed by atoms with Gasteiger partial charge in [0.05, 0.1) is 11.1 Å². The van der Waals surface area contributed by atoms with Crippen molar-refractivity contribution in [2.24, 2.45) is 5.73 Å². The molecule has 2 heterocycles. The number of halogens is 1. The number of carbonyl (C=O) groups excluding carboxylic acids is 2. The minimum absolute atomic E-state index is 0.158. The Hall–Kier alpha value is -2.57. The second-order valence-corrected chi connectivity index (χ2v) is 9.84. The number of aryl methyl sites for hydroxylation is 2. The zero-order valence-corrected chi connectivity index (χ0v) is 18.6. The molecule has 1 aliphatic carbocycles. The molecule has 31 heavy (non-hydrogen) atoms. The number of nitrogens with two attached hydrogens (primary N) is 1. The first kappa shape index (κ1) is 21.7. The van der Waals surface area contributed by atoms with E-state index in [0.29, 0.717) is 24.2 Å². The Morgan fingerprint density at radius 3 is 2.65 bits per heavy atom. The van der Waals surface area contributed by atoms with E-state index in [9.17, 15) is 9.59 Å². The molecule has 0 saturated carbocycles. The van der Waals surface area contributed by atoms with Gasteiger partial charge in [-0.25, -0.2) is 9.18 Å². The number of hydrogen-bond donors (Lipinski definition) is 2. The van der Waals surface area contributed by atoms with Crippen molar-refractivity contribution in [2.75, 3.05) is 13.1 Å². The van der Waals surface area contributed by atoms with Gasteiger partial charge >= 0.3 is 6.09 Å². The normalized spacial score (nSPS) is 19.7. The van der Waals surface area contributed by atoms with Crippen LogP contribution < -0.4 is 5.73 Å². The average molecular weight is 430 g/mol. The number of ether oxygens (including phenoxy) is 1. The van der Waals surface area contributed by atoms with Gasteiger partial charge in [-0.1, -0.05) is 6.42 Å². The topological polar surface area (TPSA) is 88.4 Å². The molecule has 4 rings (SSSR count). The van der Waals surface area contributed by atoms with E-state index < -0.39 is 17.3 Å². The Kier molecular flexibility index (Phi) is 5.71. The van der Waals surface area contributed by atoms with Gasteiger partial charge in [-0.3, -0.25) is 4.79 Å². The van der Waals surface area contributed by atoms with Gasteiger partial charge in [0.25, 0.3) is 5.91 Å². The van der Waals surface area contributed by atoms with Crippen LogP contribution in [0.15, 0.2) is 6.07 Å². The van der Waals surface area contributed by atoms with Gasteiger partial charge in [0.2, 0.25) is 0 Å². The molecule has 1 aromatic heterocycles. The number of likely N-dealkylation sites (tertiary alicyclic amines) is 1. The summed E-state index contributed by atoms with van der Waals surface area (Å²) in [5, 5.41) is 0.807. The lowest BCUT2D eigenvalue weighted by atomic mass is 9.85. The number of benzene rings is 1. The standard InChI is InChI=1S/C24H32FN3O3/c1-24(2,3)31-23(30)28-11-7-8-14(13-28)19-17(25)12-16(22(26)29)21-20(19)15-9-5-4-6-10-18(15)27-21/h12,14,27H,4-11,13H2,1-3H3,(H2,26,29). The molecule has 1 aromatic carbocycles. The number of piperidine rings is 1. The molecule has 2 aliphatic rings. The maximum atomic E-state index is 15.5. The first-order valence-electron chi connectivity index (χ1n) is 11.3. The van der Waals surface area contributed by atoms with Gasteiger partial charge in [0.15, 0.2) is 0 Å². The second kappa shape index (κ2) is 8.17. The molecular formula is C24H32FN3O3. The van der Waals surface area contributed by atoms with Gasteiger partial charge in [-0.2, -0.15) is 0 Å². The van der Waals surface area contributed by atoms with Crippen LogP contribution in [-0.2, 0) is 17.6 Å². The molecule has 6 nitrogen and oxygen atoms in total. The molecule has 1 saturated heterocycles. The van der Waals surface area contributed by atoms with Crippen molar-refractivity contribution in [1.29, 1.82) is 0 Å². The van der Waals surface area contributed by atoms with Crippen LogP contribution in [0.4, 0.5) is 9.18 Å². The van der Waals surface area contributed by atoms with E-state index in [-0.39, 0.29) is 17.6 Å². The number of hydrogen-bond acceptors (Lipinski definition) is 3. The fraction of sp³-hybridized carbons (Fsp3) is 0.583. The fourth-order valence-electron chi connectivity index (χ4n) is 5.05. The SMILES string of the molecule is CC(C)(C)OC(=O)N1CCCC(c2c(F)cc(C(N)=O)c3[nH]c4c(c23)CCCCC4)C1. The summed E-state index contributed by atoms with van der Waals surface area (Å²) in [5.41, 5.74) is 8.65. The highest BCUT2D eigenvalue weighted by Gasteiger charge is 2.33. The highest BCUT2D eigenvalue weighted by Crippen LogP contribution is 2.40.